The van der Waals surface area contributed by atoms with Crippen molar-refractivity contribution in [3.05, 3.63) is 54.2 Å². The molecule has 0 aliphatic rings. The van der Waals surface area contributed by atoms with E-state index in [4.69, 9.17) is 0 Å². The second-order valence-corrected chi connectivity index (χ2v) is 4.18. The van der Waals surface area contributed by atoms with E-state index in [1.807, 2.05) is 18.2 Å². The first-order valence-corrected chi connectivity index (χ1v) is 6.30. The summed E-state index contributed by atoms with van der Waals surface area (Å²) < 4.78 is 0. The van der Waals surface area contributed by atoms with Gasteiger partial charge in [0.15, 0.2) is 0 Å². The molecule has 0 unspecified atom stereocenters. The predicted molar refractivity (Wildman–Crippen MR) is 66.9 cm³/mol. The van der Waals surface area contributed by atoms with Gasteiger partial charge in [0.1, 0.15) is 0 Å². The zero-order valence-corrected chi connectivity index (χ0v) is 9.50. The van der Waals surface area contributed by atoms with Crippen LogP contribution in [0.3, 0.4) is 0 Å². The third-order valence-corrected chi connectivity index (χ3v) is 2.75. The summed E-state index contributed by atoms with van der Waals surface area (Å²) in [6.45, 7) is 0. The Labute approximate surface area is 94.6 Å². The Kier molecular flexibility index (Phi) is 3.41. The molecule has 0 atom stereocenters. The predicted octanol–water partition coefficient (Wildman–Crippen LogP) is 3.61. The van der Waals surface area contributed by atoms with E-state index in [1.165, 1.54) is 5.56 Å². The fourth-order valence-corrected chi connectivity index (χ4v) is 1.93. The molecular weight excluding hydrogens is 202 g/mol. The summed E-state index contributed by atoms with van der Waals surface area (Å²) in [5.41, 5.74) is 3.38. The SMILES string of the molecule is CSCc1cccc(-c2ccccc2)n1. The molecule has 2 aromatic rings. The number of aromatic nitrogens is 1. The van der Waals surface area contributed by atoms with E-state index >= 15 is 0 Å². The highest BCUT2D eigenvalue weighted by atomic mass is 32.2. The molecule has 15 heavy (non-hydrogen) atoms. The zero-order valence-electron chi connectivity index (χ0n) is 8.68. The Morgan fingerprint density at radius 2 is 1.80 bits per heavy atom. The van der Waals surface area contributed by atoms with Crippen LogP contribution in [0.15, 0.2) is 48.5 Å². The minimum atomic E-state index is 0.973. The molecule has 0 aliphatic carbocycles. The monoisotopic (exact) mass is 215 g/mol. The number of nitrogens with zero attached hydrogens (tertiary/aromatic N) is 1. The number of pyridine rings is 1. The second-order valence-electron chi connectivity index (χ2n) is 3.31. The van der Waals surface area contributed by atoms with Gasteiger partial charge in [-0.15, -0.1) is 0 Å². The number of thioether (sulfide) groups is 1. The molecule has 0 bridgehead atoms. The summed E-state index contributed by atoms with van der Waals surface area (Å²) in [6.07, 6.45) is 2.09. The van der Waals surface area contributed by atoms with Crippen molar-refractivity contribution in [2.45, 2.75) is 5.75 Å². The minimum Gasteiger partial charge on any atom is -0.252 e. The van der Waals surface area contributed by atoms with Gasteiger partial charge in [-0.1, -0.05) is 36.4 Å². The normalized spacial score (nSPS) is 10.2. The van der Waals surface area contributed by atoms with Gasteiger partial charge < -0.3 is 0 Å². The van der Waals surface area contributed by atoms with Gasteiger partial charge in [-0.05, 0) is 18.4 Å². The molecule has 76 valence electrons. The lowest BCUT2D eigenvalue weighted by Gasteiger charge is -2.03. The number of rotatable bonds is 3. The van der Waals surface area contributed by atoms with E-state index in [1.54, 1.807) is 11.8 Å². The Morgan fingerprint density at radius 1 is 1.00 bits per heavy atom. The van der Waals surface area contributed by atoms with Crippen molar-refractivity contribution in [1.82, 2.24) is 4.98 Å². The molecule has 1 aromatic carbocycles. The molecule has 0 fully saturated rings. The third-order valence-electron chi connectivity index (χ3n) is 2.17. The molecule has 1 nitrogen and oxygen atoms in total. The van der Waals surface area contributed by atoms with Gasteiger partial charge in [-0.25, -0.2) is 0 Å². The van der Waals surface area contributed by atoms with Crippen LogP contribution in [0, 0.1) is 0 Å². The first-order valence-electron chi connectivity index (χ1n) is 4.90. The van der Waals surface area contributed by atoms with Gasteiger partial charge in [0.25, 0.3) is 0 Å². The maximum Gasteiger partial charge on any atom is 0.0705 e. The zero-order chi connectivity index (χ0) is 10.5. The van der Waals surface area contributed by atoms with Crippen LogP contribution < -0.4 is 0 Å². The maximum absolute atomic E-state index is 4.61. The van der Waals surface area contributed by atoms with E-state index in [0.29, 0.717) is 0 Å². The Morgan fingerprint density at radius 3 is 2.53 bits per heavy atom. The fraction of sp³-hybridized carbons (Fsp3) is 0.154. The van der Waals surface area contributed by atoms with Crippen LogP contribution in [-0.4, -0.2) is 11.2 Å². The molecule has 0 saturated carbocycles. The van der Waals surface area contributed by atoms with Gasteiger partial charge >= 0.3 is 0 Å². The molecular formula is C13H13NS. The molecule has 0 spiro atoms. The molecule has 0 amide bonds. The highest BCUT2D eigenvalue weighted by Gasteiger charge is 1.99. The summed E-state index contributed by atoms with van der Waals surface area (Å²) in [6, 6.07) is 16.5. The Bertz CT molecular complexity index is 426. The average molecular weight is 215 g/mol. The van der Waals surface area contributed by atoms with E-state index in [2.05, 4.69) is 41.6 Å². The summed E-state index contributed by atoms with van der Waals surface area (Å²) >= 11 is 1.80. The molecule has 0 aliphatic heterocycles. The summed E-state index contributed by atoms with van der Waals surface area (Å²) in [4.78, 5) is 4.61. The topological polar surface area (TPSA) is 12.9 Å². The largest absolute Gasteiger partial charge is 0.252 e. The Hall–Kier alpha value is -1.28. The van der Waals surface area contributed by atoms with Crippen LogP contribution in [0.4, 0.5) is 0 Å². The van der Waals surface area contributed by atoms with Crippen molar-refractivity contribution < 1.29 is 0 Å². The number of benzene rings is 1. The number of hydrogen-bond acceptors (Lipinski definition) is 2. The molecule has 0 saturated heterocycles. The van der Waals surface area contributed by atoms with Crippen LogP contribution in [0.5, 0.6) is 0 Å². The standard InChI is InChI=1S/C13H13NS/c1-15-10-12-8-5-9-13(14-12)11-6-3-2-4-7-11/h2-9H,10H2,1H3. The smallest absolute Gasteiger partial charge is 0.0705 e. The molecule has 0 N–H and O–H groups in total. The van der Waals surface area contributed by atoms with Crippen molar-refractivity contribution in [3.8, 4) is 11.3 Å². The highest BCUT2D eigenvalue weighted by molar-refractivity contribution is 7.97. The maximum atomic E-state index is 4.61. The van der Waals surface area contributed by atoms with Crippen molar-refractivity contribution in [1.29, 1.82) is 0 Å². The lowest BCUT2D eigenvalue weighted by atomic mass is 10.1. The van der Waals surface area contributed by atoms with Crippen molar-refractivity contribution in [2.75, 3.05) is 6.26 Å². The quantitative estimate of drug-likeness (QED) is 0.775. The minimum absolute atomic E-state index is 0.973. The third kappa shape index (κ3) is 2.60. The fourth-order valence-electron chi connectivity index (χ4n) is 1.48. The van der Waals surface area contributed by atoms with Gasteiger partial charge in [0.05, 0.1) is 11.4 Å². The highest BCUT2D eigenvalue weighted by Crippen LogP contribution is 2.17. The van der Waals surface area contributed by atoms with E-state index < -0.39 is 0 Å². The first-order chi connectivity index (χ1) is 7.40. The molecule has 2 rings (SSSR count). The molecule has 2 heteroatoms. The lowest BCUT2D eigenvalue weighted by molar-refractivity contribution is 1.18. The summed E-state index contributed by atoms with van der Waals surface area (Å²) in [5.74, 6) is 0.973. The van der Waals surface area contributed by atoms with Gasteiger partial charge in [-0.2, -0.15) is 11.8 Å². The van der Waals surface area contributed by atoms with E-state index in [-0.39, 0.29) is 0 Å². The van der Waals surface area contributed by atoms with Gasteiger partial charge in [0.2, 0.25) is 0 Å². The van der Waals surface area contributed by atoms with E-state index in [9.17, 15) is 0 Å². The van der Waals surface area contributed by atoms with Crippen molar-refractivity contribution in [3.63, 3.8) is 0 Å². The second kappa shape index (κ2) is 4.99. The Balaban J connectivity index is 2.33. The average Bonchev–Trinajstić information content (AvgIpc) is 2.31. The van der Waals surface area contributed by atoms with Crippen LogP contribution >= 0.6 is 11.8 Å². The first kappa shape index (κ1) is 10.2. The lowest BCUT2D eigenvalue weighted by Crippen LogP contribution is -1.89. The van der Waals surface area contributed by atoms with Gasteiger partial charge in [0, 0.05) is 11.3 Å². The molecule has 0 radical (unpaired) electrons. The number of hydrogen-bond donors (Lipinski definition) is 0. The van der Waals surface area contributed by atoms with Crippen molar-refractivity contribution >= 4 is 11.8 Å². The van der Waals surface area contributed by atoms with Crippen LogP contribution in [0.1, 0.15) is 5.69 Å². The molecule has 1 heterocycles. The van der Waals surface area contributed by atoms with Crippen LogP contribution in [0.2, 0.25) is 0 Å². The van der Waals surface area contributed by atoms with E-state index in [0.717, 1.165) is 17.1 Å². The van der Waals surface area contributed by atoms with Crippen LogP contribution in [-0.2, 0) is 5.75 Å². The van der Waals surface area contributed by atoms with Crippen LogP contribution in [0.25, 0.3) is 11.3 Å². The van der Waals surface area contributed by atoms with Gasteiger partial charge in [-0.3, -0.25) is 4.98 Å². The summed E-state index contributed by atoms with van der Waals surface area (Å²) in [7, 11) is 0. The van der Waals surface area contributed by atoms with Crippen molar-refractivity contribution in [2.24, 2.45) is 0 Å². The summed E-state index contributed by atoms with van der Waals surface area (Å²) in [5, 5.41) is 0. The molecule has 1 aromatic heterocycles.